The van der Waals surface area contributed by atoms with Crippen molar-refractivity contribution in [3.63, 3.8) is 0 Å². The first-order chi connectivity index (χ1) is 9.90. The highest BCUT2D eigenvalue weighted by molar-refractivity contribution is 5.67. The fourth-order valence-corrected chi connectivity index (χ4v) is 2.21. The minimum absolute atomic E-state index is 0.379. The maximum Gasteiger partial charge on any atom is 0.407 e. The third kappa shape index (κ3) is 8.73. The van der Waals surface area contributed by atoms with Crippen molar-refractivity contribution >= 4 is 6.09 Å². The number of ether oxygens (including phenoxy) is 2. The summed E-state index contributed by atoms with van der Waals surface area (Å²) in [5.74, 6) is 0. The molecule has 2 unspecified atom stereocenters. The van der Waals surface area contributed by atoms with Gasteiger partial charge in [0, 0.05) is 25.7 Å². The van der Waals surface area contributed by atoms with Crippen LogP contribution in [0.4, 0.5) is 4.79 Å². The van der Waals surface area contributed by atoms with E-state index >= 15 is 0 Å². The lowest BCUT2D eigenvalue weighted by Crippen LogP contribution is -2.38. The Labute approximate surface area is 128 Å². The van der Waals surface area contributed by atoms with Crippen LogP contribution in [0.1, 0.15) is 47.0 Å². The minimum Gasteiger partial charge on any atom is -0.444 e. The van der Waals surface area contributed by atoms with Crippen molar-refractivity contribution in [2.24, 2.45) is 0 Å². The topological polar surface area (TPSA) is 59.6 Å². The molecule has 1 amide bonds. The molecule has 1 saturated heterocycles. The van der Waals surface area contributed by atoms with Gasteiger partial charge in [-0.25, -0.2) is 4.79 Å². The third-order valence-electron chi connectivity index (χ3n) is 3.28. The van der Waals surface area contributed by atoms with Gasteiger partial charge in [-0.2, -0.15) is 0 Å². The predicted molar refractivity (Wildman–Crippen MR) is 84.4 cm³/mol. The normalized spacial score (nSPS) is 23.2. The van der Waals surface area contributed by atoms with Crippen LogP contribution in [0.2, 0.25) is 0 Å². The molecule has 0 bridgehead atoms. The summed E-state index contributed by atoms with van der Waals surface area (Å²) in [5.41, 5.74) is -0.450. The van der Waals surface area contributed by atoms with Crippen molar-refractivity contribution in [1.29, 1.82) is 0 Å². The maximum absolute atomic E-state index is 11.4. The molecule has 0 aliphatic carbocycles. The van der Waals surface area contributed by atoms with Gasteiger partial charge in [0.1, 0.15) is 5.60 Å². The van der Waals surface area contributed by atoms with Crippen LogP contribution in [0.5, 0.6) is 0 Å². The lowest BCUT2D eigenvalue weighted by atomic mass is 10.0. The van der Waals surface area contributed by atoms with E-state index in [4.69, 9.17) is 9.47 Å². The van der Waals surface area contributed by atoms with Crippen LogP contribution in [-0.4, -0.2) is 43.5 Å². The van der Waals surface area contributed by atoms with Crippen molar-refractivity contribution < 1.29 is 14.3 Å². The van der Waals surface area contributed by atoms with E-state index in [1.54, 1.807) is 0 Å². The van der Waals surface area contributed by atoms with E-state index in [1.165, 1.54) is 0 Å². The second-order valence-corrected chi connectivity index (χ2v) is 6.38. The molecule has 5 heteroatoms. The van der Waals surface area contributed by atoms with Crippen LogP contribution in [-0.2, 0) is 9.47 Å². The van der Waals surface area contributed by atoms with Gasteiger partial charge >= 0.3 is 6.09 Å². The summed E-state index contributed by atoms with van der Waals surface area (Å²) in [6.45, 7) is 9.87. The van der Waals surface area contributed by atoms with Crippen molar-refractivity contribution in [2.75, 3.05) is 19.7 Å². The van der Waals surface area contributed by atoms with E-state index < -0.39 is 5.60 Å². The molecule has 122 valence electrons. The fourth-order valence-electron chi connectivity index (χ4n) is 2.21. The van der Waals surface area contributed by atoms with E-state index in [1.807, 2.05) is 32.9 Å². The quantitative estimate of drug-likeness (QED) is 0.740. The SMILES string of the molecule is CCC1CC(NC/C=C/CNC(=O)OC(C)(C)C)CCO1. The summed E-state index contributed by atoms with van der Waals surface area (Å²) in [6, 6.07) is 0.534. The highest BCUT2D eigenvalue weighted by Gasteiger charge is 2.20. The Bertz CT molecular complexity index is 337. The number of nitrogens with one attached hydrogen (secondary N) is 2. The lowest BCUT2D eigenvalue weighted by Gasteiger charge is -2.29. The van der Waals surface area contributed by atoms with Crippen molar-refractivity contribution in [2.45, 2.75) is 64.7 Å². The van der Waals surface area contributed by atoms with Crippen molar-refractivity contribution in [1.82, 2.24) is 10.6 Å². The number of carbonyl (C=O) groups excluding carboxylic acids is 1. The zero-order valence-electron chi connectivity index (χ0n) is 13.8. The first-order valence-electron chi connectivity index (χ1n) is 7.87. The number of hydrogen-bond donors (Lipinski definition) is 2. The summed E-state index contributed by atoms with van der Waals surface area (Å²) in [4.78, 5) is 11.4. The number of carbonyl (C=O) groups is 1. The zero-order valence-corrected chi connectivity index (χ0v) is 13.8. The van der Waals surface area contributed by atoms with Gasteiger partial charge in [0.15, 0.2) is 0 Å². The molecule has 2 N–H and O–H groups in total. The third-order valence-corrected chi connectivity index (χ3v) is 3.28. The van der Waals surface area contributed by atoms with E-state index in [2.05, 4.69) is 17.6 Å². The standard InChI is InChI=1S/C16H30N2O3/c1-5-14-12-13(8-11-20-14)17-9-6-7-10-18-15(19)21-16(2,3)4/h6-7,13-14,17H,5,8-12H2,1-4H3,(H,18,19)/b7-6+. The molecule has 1 rings (SSSR count). The molecule has 1 fully saturated rings. The molecule has 0 aromatic carbocycles. The summed E-state index contributed by atoms with van der Waals surface area (Å²) < 4.78 is 10.8. The molecule has 1 aliphatic heterocycles. The van der Waals surface area contributed by atoms with E-state index in [0.717, 1.165) is 32.4 Å². The van der Waals surface area contributed by atoms with Gasteiger partial charge < -0.3 is 20.1 Å². The molecule has 2 atom stereocenters. The molecule has 1 heterocycles. The molecule has 0 saturated carbocycles. The van der Waals surface area contributed by atoms with Gasteiger partial charge in [0.05, 0.1) is 6.10 Å². The summed E-state index contributed by atoms with van der Waals surface area (Å²) in [7, 11) is 0. The van der Waals surface area contributed by atoms with Crippen LogP contribution in [0.25, 0.3) is 0 Å². The first kappa shape index (κ1) is 18.0. The highest BCUT2D eigenvalue weighted by atomic mass is 16.6. The Kier molecular flexibility index (Phi) is 7.75. The van der Waals surface area contributed by atoms with Crippen molar-refractivity contribution in [3.8, 4) is 0 Å². The van der Waals surface area contributed by atoms with Gasteiger partial charge in [-0.05, 0) is 40.0 Å². The van der Waals surface area contributed by atoms with Crippen LogP contribution in [0, 0.1) is 0 Å². The summed E-state index contributed by atoms with van der Waals surface area (Å²) in [5, 5.41) is 6.20. The van der Waals surface area contributed by atoms with E-state index in [0.29, 0.717) is 18.7 Å². The molecular formula is C16H30N2O3. The van der Waals surface area contributed by atoms with E-state index in [-0.39, 0.29) is 6.09 Å². The number of alkyl carbamates (subject to hydrolysis) is 1. The minimum atomic E-state index is -0.450. The van der Waals surface area contributed by atoms with Crippen LogP contribution in [0.3, 0.4) is 0 Å². The van der Waals surface area contributed by atoms with Crippen molar-refractivity contribution in [3.05, 3.63) is 12.2 Å². The Hall–Kier alpha value is -1.07. The number of rotatable bonds is 6. The van der Waals surface area contributed by atoms with Crippen LogP contribution in [0.15, 0.2) is 12.2 Å². The summed E-state index contributed by atoms with van der Waals surface area (Å²) in [6.07, 6.45) is 7.22. The Morgan fingerprint density at radius 1 is 1.33 bits per heavy atom. The molecule has 21 heavy (non-hydrogen) atoms. The largest absolute Gasteiger partial charge is 0.444 e. The highest BCUT2D eigenvalue weighted by Crippen LogP contribution is 2.15. The number of amides is 1. The van der Waals surface area contributed by atoms with Gasteiger partial charge in [0.25, 0.3) is 0 Å². The fraction of sp³-hybridized carbons (Fsp3) is 0.812. The molecule has 0 spiro atoms. The molecule has 0 aromatic rings. The van der Waals surface area contributed by atoms with Crippen LogP contribution >= 0.6 is 0 Å². The predicted octanol–water partition coefficient (Wildman–Crippen LogP) is 2.61. The molecule has 1 aliphatic rings. The Morgan fingerprint density at radius 3 is 2.71 bits per heavy atom. The monoisotopic (exact) mass is 298 g/mol. The maximum atomic E-state index is 11.4. The Morgan fingerprint density at radius 2 is 2.05 bits per heavy atom. The Balaban J connectivity index is 2.08. The average Bonchev–Trinajstić information content (AvgIpc) is 2.41. The number of hydrogen-bond acceptors (Lipinski definition) is 4. The molecule has 5 nitrogen and oxygen atoms in total. The van der Waals surface area contributed by atoms with E-state index in [9.17, 15) is 4.79 Å². The van der Waals surface area contributed by atoms with Gasteiger partial charge in [-0.3, -0.25) is 0 Å². The summed E-state index contributed by atoms with van der Waals surface area (Å²) >= 11 is 0. The second kappa shape index (κ2) is 9.05. The smallest absolute Gasteiger partial charge is 0.407 e. The first-order valence-corrected chi connectivity index (χ1v) is 7.87. The lowest BCUT2D eigenvalue weighted by molar-refractivity contribution is 0.000566. The second-order valence-electron chi connectivity index (χ2n) is 6.38. The zero-order chi connectivity index (χ0) is 15.7. The molecule has 0 aromatic heterocycles. The van der Waals surface area contributed by atoms with Gasteiger partial charge in [-0.1, -0.05) is 19.1 Å². The molecular weight excluding hydrogens is 268 g/mol. The van der Waals surface area contributed by atoms with Gasteiger partial charge in [0.2, 0.25) is 0 Å². The average molecular weight is 298 g/mol. The molecule has 0 radical (unpaired) electrons. The van der Waals surface area contributed by atoms with Crippen LogP contribution < -0.4 is 10.6 Å². The van der Waals surface area contributed by atoms with Gasteiger partial charge in [-0.15, -0.1) is 0 Å².